The van der Waals surface area contributed by atoms with Gasteiger partial charge in [-0.25, -0.2) is 9.48 Å². The molecule has 0 atom stereocenters. The van der Waals surface area contributed by atoms with E-state index in [9.17, 15) is 9.59 Å². The molecule has 1 aromatic heterocycles. The van der Waals surface area contributed by atoms with Crippen LogP contribution in [-0.2, 0) is 22.3 Å². The summed E-state index contributed by atoms with van der Waals surface area (Å²) in [5.41, 5.74) is 4.54. The van der Waals surface area contributed by atoms with Crippen molar-refractivity contribution in [3.63, 3.8) is 0 Å². The van der Waals surface area contributed by atoms with E-state index in [2.05, 4.69) is 15.7 Å². The first-order valence-electron chi connectivity index (χ1n) is 10.2. The largest absolute Gasteiger partial charge is 0.447 e. The van der Waals surface area contributed by atoms with Crippen LogP contribution in [0.25, 0.3) is 5.69 Å². The van der Waals surface area contributed by atoms with Gasteiger partial charge >= 0.3 is 6.09 Å². The van der Waals surface area contributed by atoms with Crippen LogP contribution < -0.4 is 10.6 Å². The molecule has 0 bridgehead atoms. The van der Waals surface area contributed by atoms with Crippen LogP contribution in [0.4, 0.5) is 16.2 Å². The standard InChI is InChI=1S/C23H24N4O4/c1-30-13-14-31-23(29)25-17-8-5-7-16(15-17)24-22(28)21-19-11-6-12-20(19)27(26-21)18-9-3-2-4-10-18/h2-5,7-10,15H,6,11-14H2,1H3,(H,24,28)(H,25,29). The molecule has 0 saturated heterocycles. The summed E-state index contributed by atoms with van der Waals surface area (Å²) in [6.07, 6.45) is 2.15. The Balaban J connectivity index is 1.49. The van der Waals surface area contributed by atoms with Crippen molar-refractivity contribution in [1.29, 1.82) is 0 Å². The molecule has 1 heterocycles. The SMILES string of the molecule is COCCOC(=O)Nc1cccc(NC(=O)c2nn(-c3ccccc3)c3c2CCC3)c1. The number of aromatic nitrogens is 2. The van der Waals surface area contributed by atoms with Crippen molar-refractivity contribution >= 4 is 23.4 Å². The van der Waals surface area contributed by atoms with Crippen LogP contribution >= 0.6 is 0 Å². The quantitative estimate of drug-likeness (QED) is 0.567. The Morgan fingerprint density at radius 1 is 1.00 bits per heavy atom. The predicted molar refractivity (Wildman–Crippen MR) is 117 cm³/mol. The first-order valence-corrected chi connectivity index (χ1v) is 10.2. The minimum Gasteiger partial charge on any atom is -0.447 e. The number of anilines is 2. The van der Waals surface area contributed by atoms with Crippen LogP contribution in [0.15, 0.2) is 54.6 Å². The monoisotopic (exact) mass is 420 g/mol. The number of nitrogens with one attached hydrogen (secondary N) is 2. The van der Waals surface area contributed by atoms with Gasteiger partial charge in [0.2, 0.25) is 0 Å². The maximum Gasteiger partial charge on any atom is 0.411 e. The highest BCUT2D eigenvalue weighted by Crippen LogP contribution is 2.28. The molecular formula is C23H24N4O4. The fourth-order valence-corrected chi connectivity index (χ4v) is 3.64. The number of benzene rings is 2. The maximum absolute atomic E-state index is 13.0. The van der Waals surface area contributed by atoms with Crippen molar-refractivity contribution < 1.29 is 19.1 Å². The van der Waals surface area contributed by atoms with E-state index in [0.717, 1.165) is 36.2 Å². The van der Waals surface area contributed by atoms with Crippen molar-refractivity contribution in [2.24, 2.45) is 0 Å². The molecule has 0 spiro atoms. The highest BCUT2D eigenvalue weighted by atomic mass is 16.6. The molecule has 0 unspecified atom stereocenters. The Morgan fingerprint density at radius 3 is 2.55 bits per heavy atom. The minimum absolute atomic E-state index is 0.161. The minimum atomic E-state index is -0.583. The second-order valence-electron chi connectivity index (χ2n) is 7.16. The van der Waals surface area contributed by atoms with Gasteiger partial charge in [0.25, 0.3) is 5.91 Å². The van der Waals surface area contributed by atoms with Gasteiger partial charge in [-0.3, -0.25) is 10.1 Å². The lowest BCUT2D eigenvalue weighted by atomic mass is 10.2. The van der Waals surface area contributed by atoms with Gasteiger partial charge < -0.3 is 14.8 Å². The fraction of sp³-hybridized carbons (Fsp3) is 0.261. The van der Waals surface area contributed by atoms with E-state index in [1.807, 2.05) is 35.0 Å². The summed E-state index contributed by atoms with van der Waals surface area (Å²) < 4.78 is 11.7. The highest BCUT2D eigenvalue weighted by molar-refractivity contribution is 6.04. The molecule has 4 rings (SSSR count). The first-order chi connectivity index (χ1) is 15.2. The number of rotatable bonds is 7. The molecule has 1 aliphatic carbocycles. The summed E-state index contributed by atoms with van der Waals surface area (Å²) in [6.45, 7) is 0.484. The van der Waals surface area contributed by atoms with Crippen molar-refractivity contribution in [2.45, 2.75) is 19.3 Å². The van der Waals surface area contributed by atoms with E-state index in [0.29, 0.717) is 23.7 Å². The van der Waals surface area contributed by atoms with E-state index in [4.69, 9.17) is 9.47 Å². The number of fused-ring (bicyclic) bond motifs is 1. The summed E-state index contributed by atoms with van der Waals surface area (Å²) >= 11 is 0. The summed E-state index contributed by atoms with van der Waals surface area (Å²) in [4.78, 5) is 24.8. The normalized spacial score (nSPS) is 12.3. The van der Waals surface area contributed by atoms with Crippen LogP contribution in [-0.4, -0.2) is 42.1 Å². The number of hydrogen-bond acceptors (Lipinski definition) is 5. The lowest BCUT2D eigenvalue weighted by molar-refractivity contribution is 0.102. The Hall–Kier alpha value is -3.65. The van der Waals surface area contributed by atoms with Crippen LogP contribution in [0.3, 0.4) is 0 Å². The molecule has 0 saturated carbocycles. The van der Waals surface area contributed by atoms with Crippen molar-refractivity contribution in [3.05, 3.63) is 71.5 Å². The number of amides is 2. The van der Waals surface area contributed by atoms with Crippen molar-refractivity contribution in [1.82, 2.24) is 9.78 Å². The third kappa shape index (κ3) is 4.75. The Kier molecular flexibility index (Phi) is 6.28. The predicted octanol–water partition coefficient (Wildman–Crippen LogP) is 3.81. The third-order valence-electron chi connectivity index (χ3n) is 5.03. The molecule has 3 aromatic rings. The Labute approximate surface area is 180 Å². The summed E-state index contributed by atoms with van der Waals surface area (Å²) in [5.74, 6) is -0.271. The van der Waals surface area contributed by atoms with Gasteiger partial charge in [-0.1, -0.05) is 24.3 Å². The molecule has 2 N–H and O–H groups in total. The zero-order chi connectivity index (χ0) is 21.6. The molecule has 0 radical (unpaired) electrons. The molecule has 160 valence electrons. The highest BCUT2D eigenvalue weighted by Gasteiger charge is 2.27. The molecule has 31 heavy (non-hydrogen) atoms. The number of carbonyl (C=O) groups excluding carboxylic acids is 2. The van der Waals surface area contributed by atoms with Gasteiger partial charge in [0.15, 0.2) is 5.69 Å². The van der Waals surface area contributed by atoms with Crippen LogP contribution in [0, 0.1) is 0 Å². The molecule has 0 aliphatic heterocycles. The van der Waals surface area contributed by atoms with E-state index < -0.39 is 6.09 Å². The Bertz CT molecular complexity index is 1080. The second-order valence-corrected chi connectivity index (χ2v) is 7.16. The molecular weight excluding hydrogens is 396 g/mol. The molecule has 1 aliphatic rings. The number of ether oxygens (including phenoxy) is 2. The van der Waals surface area contributed by atoms with E-state index in [1.165, 1.54) is 7.11 Å². The molecule has 2 aromatic carbocycles. The van der Waals surface area contributed by atoms with Crippen LogP contribution in [0.1, 0.15) is 28.2 Å². The zero-order valence-electron chi connectivity index (χ0n) is 17.3. The zero-order valence-corrected chi connectivity index (χ0v) is 17.3. The van der Waals surface area contributed by atoms with E-state index >= 15 is 0 Å². The molecule has 8 heteroatoms. The Morgan fingerprint density at radius 2 is 1.77 bits per heavy atom. The molecule has 8 nitrogen and oxygen atoms in total. The van der Waals surface area contributed by atoms with Crippen LogP contribution in [0.2, 0.25) is 0 Å². The van der Waals surface area contributed by atoms with Gasteiger partial charge in [-0.15, -0.1) is 0 Å². The van der Waals surface area contributed by atoms with Crippen LogP contribution in [0.5, 0.6) is 0 Å². The summed E-state index contributed by atoms with van der Waals surface area (Å²) in [6, 6.07) is 16.7. The number of para-hydroxylation sites is 1. The number of methoxy groups -OCH3 is 1. The smallest absolute Gasteiger partial charge is 0.411 e. The van der Waals surface area contributed by atoms with E-state index in [1.54, 1.807) is 24.3 Å². The van der Waals surface area contributed by atoms with Gasteiger partial charge in [0.05, 0.1) is 12.3 Å². The summed E-state index contributed by atoms with van der Waals surface area (Å²) in [5, 5.41) is 10.1. The lowest BCUT2D eigenvalue weighted by Crippen LogP contribution is -2.17. The van der Waals surface area contributed by atoms with Gasteiger partial charge in [0.1, 0.15) is 6.61 Å². The van der Waals surface area contributed by atoms with Gasteiger partial charge in [-0.05, 0) is 49.6 Å². The average Bonchev–Trinajstić information content (AvgIpc) is 3.37. The fourth-order valence-electron chi connectivity index (χ4n) is 3.64. The van der Waals surface area contributed by atoms with E-state index in [-0.39, 0.29) is 12.5 Å². The van der Waals surface area contributed by atoms with Crippen molar-refractivity contribution in [3.8, 4) is 5.69 Å². The topological polar surface area (TPSA) is 94.5 Å². The second kappa shape index (κ2) is 9.44. The molecule has 2 amide bonds. The summed E-state index contributed by atoms with van der Waals surface area (Å²) in [7, 11) is 1.53. The number of nitrogens with zero attached hydrogens (tertiary/aromatic N) is 2. The number of carbonyl (C=O) groups is 2. The average molecular weight is 420 g/mol. The molecule has 0 fully saturated rings. The first kappa shape index (κ1) is 20.6. The third-order valence-corrected chi connectivity index (χ3v) is 5.03. The van der Waals surface area contributed by atoms with Crippen molar-refractivity contribution in [2.75, 3.05) is 31.0 Å². The number of hydrogen-bond donors (Lipinski definition) is 2. The lowest BCUT2D eigenvalue weighted by Gasteiger charge is -2.09. The van der Waals surface area contributed by atoms with Gasteiger partial charge in [0, 0.05) is 29.7 Å². The van der Waals surface area contributed by atoms with Gasteiger partial charge in [-0.2, -0.15) is 5.10 Å². The maximum atomic E-state index is 13.0.